The van der Waals surface area contributed by atoms with E-state index in [9.17, 15) is 0 Å². The van der Waals surface area contributed by atoms with E-state index in [1.807, 2.05) is 30.3 Å². The Morgan fingerprint density at radius 1 is 1.05 bits per heavy atom. The highest BCUT2D eigenvalue weighted by Crippen LogP contribution is 2.41. The summed E-state index contributed by atoms with van der Waals surface area (Å²) in [5.41, 5.74) is 8.48. The second-order valence-electron chi connectivity index (χ2n) is 4.69. The Bertz CT molecular complexity index is 615. The van der Waals surface area contributed by atoms with Crippen LogP contribution in [0, 0.1) is 0 Å². The largest absolute Gasteiger partial charge is 0.485 e. The number of hydrogen-bond donors (Lipinski definition) is 1. The number of nitrogens with two attached hydrogens (primary N) is 1. The molecule has 1 heterocycles. The molecular weight excluding hydrogens is 370 g/mol. The standard InChI is InChI=1S/C15H13Br2NO/c16-10-3-1-2-9(6-10)14-8-13(18)12-5-4-11(17)7-15(12)19-14/h1-7,13-14H,8,18H2. The third-order valence-corrected chi connectivity index (χ3v) is 4.32. The quantitative estimate of drug-likeness (QED) is 0.773. The SMILES string of the molecule is NC1CC(c2cccc(Br)c2)Oc2cc(Br)ccc21. The van der Waals surface area contributed by atoms with E-state index in [0.29, 0.717) is 0 Å². The van der Waals surface area contributed by atoms with Gasteiger partial charge in [-0.15, -0.1) is 0 Å². The molecular formula is C15H13Br2NO. The minimum absolute atomic E-state index is 0.00861. The fraction of sp³-hybridized carbons (Fsp3) is 0.200. The summed E-state index contributed by atoms with van der Waals surface area (Å²) < 4.78 is 8.16. The van der Waals surface area contributed by atoms with E-state index < -0.39 is 0 Å². The lowest BCUT2D eigenvalue weighted by molar-refractivity contribution is 0.161. The van der Waals surface area contributed by atoms with E-state index >= 15 is 0 Å². The van der Waals surface area contributed by atoms with Crippen LogP contribution >= 0.6 is 31.9 Å². The van der Waals surface area contributed by atoms with Crippen LogP contribution in [0.2, 0.25) is 0 Å². The molecule has 2 aromatic rings. The number of ether oxygens (including phenoxy) is 1. The molecule has 0 saturated carbocycles. The Balaban J connectivity index is 1.96. The molecule has 4 heteroatoms. The fourth-order valence-corrected chi connectivity index (χ4v) is 3.14. The zero-order valence-corrected chi connectivity index (χ0v) is 13.3. The smallest absolute Gasteiger partial charge is 0.126 e. The van der Waals surface area contributed by atoms with Gasteiger partial charge < -0.3 is 10.5 Å². The lowest BCUT2D eigenvalue weighted by atomic mass is 9.94. The van der Waals surface area contributed by atoms with Gasteiger partial charge in [0.2, 0.25) is 0 Å². The number of rotatable bonds is 1. The molecule has 2 N–H and O–H groups in total. The van der Waals surface area contributed by atoms with Crippen LogP contribution in [0.15, 0.2) is 51.4 Å². The molecule has 0 saturated heterocycles. The summed E-state index contributed by atoms with van der Waals surface area (Å²) in [5.74, 6) is 0.873. The molecule has 19 heavy (non-hydrogen) atoms. The molecule has 98 valence electrons. The maximum atomic E-state index is 6.26. The van der Waals surface area contributed by atoms with E-state index in [1.165, 1.54) is 0 Å². The summed E-state index contributed by atoms with van der Waals surface area (Å²) in [6.45, 7) is 0. The van der Waals surface area contributed by atoms with Crippen LogP contribution in [0.25, 0.3) is 0 Å². The van der Waals surface area contributed by atoms with Gasteiger partial charge in [0.1, 0.15) is 11.9 Å². The zero-order valence-electron chi connectivity index (χ0n) is 10.1. The Kier molecular flexibility index (Phi) is 3.65. The normalized spacial score (nSPS) is 21.6. The summed E-state index contributed by atoms with van der Waals surface area (Å²) >= 11 is 6.96. The fourth-order valence-electron chi connectivity index (χ4n) is 2.39. The van der Waals surface area contributed by atoms with Crippen LogP contribution < -0.4 is 10.5 Å². The average Bonchev–Trinajstić information content (AvgIpc) is 2.38. The Hall–Kier alpha value is -0.840. The van der Waals surface area contributed by atoms with Crippen molar-refractivity contribution in [1.82, 2.24) is 0 Å². The molecule has 0 amide bonds. The molecule has 2 nitrogen and oxygen atoms in total. The van der Waals surface area contributed by atoms with Crippen LogP contribution in [0.3, 0.4) is 0 Å². The first kappa shape index (κ1) is 13.2. The van der Waals surface area contributed by atoms with Gasteiger partial charge in [-0.05, 0) is 29.8 Å². The van der Waals surface area contributed by atoms with Crippen molar-refractivity contribution in [1.29, 1.82) is 0 Å². The van der Waals surface area contributed by atoms with E-state index in [1.54, 1.807) is 0 Å². The molecule has 0 aromatic heterocycles. The molecule has 2 aromatic carbocycles. The monoisotopic (exact) mass is 381 g/mol. The van der Waals surface area contributed by atoms with Gasteiger partial charge in [-0.2, -0.15) is 0 Å². The van der Waals surface area contributed by atoms with Gasteiger partial charge in [-0.3, -0.25) is 0 Å². The number of halogens is 2. The van der Waals surface area contributed by atoms with Crippen LogP contribution in [0.4, 0.5) is 0 Å². The van der Waals surface area contributed by atoms with Gasteiger partial charge in [-0.1, -0.05) is 50.1 Å². The third-order valence-electron chi connectivity index (χ3n) is 3.33. The average molecular weight is 383 g/mol. The Morgan fingerprint density at radius 2 is 1.84 bits per heavy atom. The molecule has 0 radical (unpaired) electrons. The van der Waals surface area contributed by atoms with Gasteiger partial charge in [0, 0.05) is 27.0 Å². The Labute approximate surface area is 129 Å². The number of benzene rings is 2. The molecule has 2 atom stereocenters. The predicted molar refractivity (Wildman–Crippen MR) is 83.2 cm³/mol. The highest BCUT2D eigenvalue weighted by atomic mass is 79.9. The molecule has 0 spiro atoms. The second kappa shape index (κ2) is 5.27. The highest BCUT2D eigenvalue weighted by Gasteiger charge is 2.27. The first-order chi connectivity index (χ1) is 9.13. The van der Waals surface area contributed by atoms with Crippen molar-refractivity contribution in [2.45, 2.75) is 18.6 Å². The lowest BCUT2D eigenvalue weighted by Gasteiger charge is -2.30. The molecule has 1 aliphatic heterocycles. The maximum Gasteiger partial charge on any atom is 0.126 e. The van der Waals surface area contributed by atoms with Crippen molar-refractivity contribution < 1.29 is 4.74 Å². The minimum Gasteiger partial charge on any atom is -0.485 e. The van der Waals surface area contributed by atoms with Crippen molar-refractivity contribution in [3.63, 3.8) is 0 Å². The van der Waals surface area contributed by atoms with Crippen molar-refractivity contribution in [3.8, 4) is 5.75 Å². The molecule has 0 aliphatic carbocycles. The van der Waals surface area contributed by atoms with E-state index in [0.717, 1.165) is 32.2 Å². The van der Waals surface area contributed by atoms with Crippen molar-refractivity contribution in [3.05, 3.63) is 62.5 Å². The highest BCUT2D eigenvalue weighted by molar-refractivity contribution is 9.10. The molecule has 3 rings (SSSR count). The predicted octanol–water partition coefficient (Wildman–Crippen LogP) is 4.74. The summed E-state index contributed by atoms with van der Waals surface area (Å²) in [4.78, 5) is 0. The maximum absolute atomic E-state index is 6.26. The molecule has 2 unspecified atom stereocenters. The zero-order chi connectivity index (χ0) is 13.4. The van der Waals surface area contributed by atoms with E-state index in [2.05, 4.69) is 44.0 Å². The minimum atomic E-state index is 0.00861. The summed E-state index contributed by atoms with van der Waals surface area (Å²) in [6.07, 6.45) is 0.805. The van der Waals surface area contributed by atoms with Gasteiger partial charge in [-0.25, -0.2) is 0 Å². The number of fused-ring (bicyclic) bond motifs is 1. The van der Waals surface area contributed by atoms with Crippen molar-refractivity contribution in [2.24, 2.45) is 5.73 Å². The summed E-state index contributed by atoms with van der Waals surface area (Å²) in [6, 6.07) is 14.2. The van der Waals surface area contributed by atoms with Gasteiger partial charge in [0.25, 0.3) is 0 Å². The first-order valence-corrected chi connectivity index (χ1v) is 7.69. The third kappa shape index (κ3) is 2.71. The van der Waals surface area contributed by atoms with Gasteiger partial charge in [0.15, 0.2) is 0 Å². The molecule has 1 aliphatic rings. The Morgan fingerprint density at radius 3 is 2.63 bits per heavy atom. The molecule has 0 fully saturated rings. The van der Waals surface area contributed by atoms with E-state index in [4.69, 9.17) is 10.5 Å². The van der Waals surface area contributed by atoms with Crippen molar-refractivity contribution >= 4 is 31.9 Å². The van der Waals surface area contributed by atoms with Gasteiger partial charge in [0.05, 0.1) is 0 Å². The summed E-state index contributed by atoms with van der Waals surface area (Å²) in [7, 11) is 0. The number of hydrogen-bond acceptors (Lipinski definition) is 2. The topological polar surface area (TPSA) is 35.2 Å². The van der Waals surface area contributed by atoms with Crippen LogP contribution in [0.1, 0.15) is 29.7 Å². The van der Waals surface area contributed by atoms with Crippen molar-refractivity contribution in [2.75, 3.05) is 0 Å². The molecule has 0 bridgehead atoms. The van der Waals surface area contributed by atoms with Crippen LogP contribution in [-0.4, -0.2) is 0 Å². The first-order valence-electron chi connectivity index (χ1n) is 6.10. The lowest BCUT2D eigenvalue weighted by Crippen LogP contribution is -2.24. The van der Waals surface area contributed by atoms with Crippen LogP contribution in [-0.2, 0) is 0 Å². The van der Waals surface area contributed by atoms with Gasteiger partial charge >= 0.3 is 0 Å². The second-order valence-corrected chi connectivity index (χ2v) is 6.52. The van der Waals surface area contributed by atoms with E-state index in [-0.39, 0.29) is 12.1 Å². The summed E-state index contributed by atoms with van der Waals surface area (Å²) in [5, 5.41) is 0. The van der Waals surface area contributed by atoms with Crippen LogP contribution in [0.5, 0.6) is 5.75 Å².